The number of benzene rings is 1. The molecule has 2 aromatic rings. The second-order valence-corrected chi connectivity index (χ2v) is 8.51. The molecule has 2 N–H and O–H groups in total. The standard InChI is InChI=1S/C18H23N3OS/c1-13-5-7-14(8-6-13)23-18(11-2-3-12-18)16-20-15(21-22-16)17(19)9-4-10-17/h5-8H,2-4,9-12,19H2,1H3. The van der Waals surface area contributed by atoms with Crippen molar-refractivity contribution in [3.05, 3.63) is 41.5 Å². The van der Waals surface area contributed by atoms with Crippen LogP contribution >= 0.6 is 11.8 Å². The van der Waals surface area contributed by atoms with Gasteiger partial charge in [-0.1, -0.05) is 35.7 Å². The summed E-state index contributed by atoms with van der Waals surface area (Å²) in [7, 11) is 0. The summed E-state index contributed by atoms with van der Waals surface area (Å²) in [5.41, 5.74) is 7.29. The van der Waals surface area contributed by atoms with Crippen LogP contribution in [-0.2, 0) is 10.3 Å². The van der Waals surface area contributed by atoms with E-state index in [0.29, 0.717) is 5.82 Å². The molecule has 0 saturated heterocycles. The summed E-state index contributed by atoms with van der Waals surface area (Å²) in [5, 5.41) is 4.23. The van der Waals surface area contributed by atoms with E-state index >= 15 is 0 Å². The predicted octanol–water partition coefficient (Wildman–Crippen LogP) is 4.28. The Kier molecular flexibility index (Phi) is 3.73. The first kappa shape index (κ1) is 15.2. The Balaban J connectivity index is 1.63. The van der Waals surface area contributed by atoms with E-state index < -0.39 is 0 Å². The summed E-state index contributed by atoms with van der Waals surface area (Å²) < 4.78 is 5.63. The van der Waals surface area contributed by atoms with Crippen LogP contribution in [0.5, 0.6) is 0 Å². The second-order valence-electron chi connectivity index (χ2n) is 7.05. The van der Waals surface area contributed by atoms with Gasteiger partial charge in [0.15, 0.2) is 5.82 Å². The SMILES string of the molecule is Cc1ccc(SC2(c3nc(C4(N)CCC4)no3)CCCC2)cc1. The van der Waals surface area contributed by atoms with Crippen LogP contribution in [0.4, 0.5) is 0 Å². The third-order valence-electron chi connectivity index (χ3n) is 5.25. The monoisotopic (exact) mass is 329 g/mol. The van der Waals surface area contributed by atoms with Crippen molar-refractivity contribution in [3.8, 4) is 0 Å². The molecule has 1 aromatic heterocycles. The fourth-order valence-electron chi connectivity index (χ4n) is 3.53. The van der Waals surface area contributed by atoms with E-state index in [1.807, 2.05) is 11.8 Å². The average molecular weight is 329 g/mol. The van der Waals surface area contributed by atoms with Gasteiger partial charge in [-0.25, -0.2) is 0 Å². The first-order chi connectivity index (χ1) is 11.1. The largest absolute Gasteiger partial charge is 0.338 e. The average Bonchev–Trinajstić information content (AvgIpc) is 3.17. The van der Waals surface area contributed by atoms with E-state index in [-0.39, 0.29) is 10.3 Å². The quantitative estimate of drug-likeness (QED) is 0.907. The Morgan fingerprint density at radius 3 is 2.35 bits per heavy atom. The molecule has 0 atom stereocenters. The van der Waals surface area contributed by atoms with Crippen LogP contribution in [0.2, 0.25) is 0 Å². The zero-order valence-corrected chi connectivity index (χ0v) is 14.4. The predicted molar refractivity (Wildman–Crippen MR) is 91.2 cm³/mol. The van der Waals surface area contributed by atoms with Gasteiger partial charge in [0.1, 0.15) is 0 Å². The van der Waals surface area contributed by atoms with Crippen molar-refractivity contribution < 1.29 is 4.52 Å². The van der Waals surface area contributed by atoms with Gasteiger partial charge in [-0.05, 0) is 51.2 Å². The minimum absolute atomic E-state index is 0.0827. The van der Waals surface area contributed by atoms with Gasteiger partial charge in [-0.15, -0.1) is 11.8 Å². The van der Waals surface area contributed by atoms with Crippen LogP contribution in [0, 0.1) is 6.92 Å². The lowest BCUT2D eigenvalue weighted by Gasteiger charge is -2.34. The van der Waals surface area contributed by atoms with Crippen molar-refractivity contribution in [2.45, 2.75) is 67.1 Å². The van der Waals surface area contributed by atoms with E-state index in [2.05, 4.69) is 36.3 Å². The van der Waals surface area contributed by atoms with Gasteiger partial charge in [0.05, 0.1) is 10.3 Å². The van der Waals surface area contributed by atoms with Crippen molar-refractivity contribution in [2.24, 2.45) is 5.73 Å². The normalized spacial score (nSPS) is 22.0. The summed E-state index contributed by atoms with van der Waals surface area (Å²) in [6.45, 7) is 2.11. The van der Waals surface area contributed by atoms with Gasteiger partial charge in [-0.3, -0.25) is 0 Å². The minimum atomic E-state index is -0.351. The maximum atomic E-state index is 6.36. The van der Waals surface area contributed by atoms with Crippen LogP contribution in [0.1, 0.15) is 62.2 Å². The number of nitrogens with zero attached hydrogens (tertiary/aromatic N) is 2. The number of aromatic nitrogens is 2. The van der Waals surface area contributed by atoms with Gasteiger partial charge in [-0.2, -0.15) is 4.98 Å². The molecular formula is C18H23N3OS. The van der Waals surface area contributed by atoms with Gasteiger partial charge in [0.25, 0.3) is 0 Å². The minimum Gasteiger partial charge on any atom is -0.338 e. The van der Waals surface area contributed by atoms with Gasteiger partial charge in [0, 0.05) is 4.90 Å². The summed E-state index contributed by atoms with van der Waals surface area (Å²) in [4.78, 5) is 6.02. The molecule has 0 aliphatic heterocycles. The Morgan fingerprint density at radius 1 is 1.04 bits per heavy atom. The van der Waals surface area contributed by atoms with Crippen LogP contribution in [-0.4, -0.2) is 10.1 Å². The Hall–Kier alpha value is -1.33. The summed E-state index contributed by atoms with van der Waals surface area (Å²) in [5.74, 6) is 1.47. The van der Waals surface area contributed by atoms with Crippen molar-refractivity contribution in [3.63, 3.8) is 0 Å². The van der Waals surface area contributed by atoms with Crippen molar-refractivity contribution in [2.75, 3.05) is 0 Å². The number of thioether (sulfide) groups is 1. The van der Waals surface area contributed by atoms with E-state index in [9.17, 15) is 0 Å². The number of nitrogens with two attached hydrogens (primary N) is 1. The van der Waals surface area contributed by atoms with Gasteiger partial charge < -0.3 is 10.3 Å². The smallest absolute Gasteiger partial charge is 0.243 e. The molecule has 122 valence electrons. The molecule has 0 radical (unpaired) electrons. The second kappa shape index (κ2) is 5.64. The molecule has 5 heteroatoms. The van der Waals surface area contributed by atoms with Gasteiger partial charge in [0.2, 0.25) is 5.89 Å². The first-order valence-corrected chi connectivity index (χ1v) is 9.31. The van der Waals surface area contributed by atoms with Crippen LogP contribution < -0.4 is 5.73 Å². The maximum absolute atomic E-state index is 6.36. The summed E-state index contributed by atoms with van der Waals surface area (Å²) >= 11 is 1.87. The molecule has 1 heterocycles. The molecule has 0 bridgehead atoms. The van der Waals surface area contributed by atoms with E-state index in [1.165, 1.54) is 23.3 Å². The molecule has 2 aliphatic rings. The summed E-state index contributed by atoms with van der Waals surface area (Å²) in [6, 6.07) is 8.70. The lowest BCUT2D eigenvalue weighted by atomic mass is 9.77. The molecule has 2 aliphatic carbocycles. The highest BCUT2D eigenvalue weighted by atomic mass is 32.2. The van der Waals surface area contributed by atoms with E-state index in [0.717, 1.165) is 38.0 Å². The number of aryl methyl sites for hydroxylation is 1. The topological polar surface area (TPSA) is 64.9 Å². The third-order valence-corrected chi connectivity index (χ3v) is 6.73. The zero-order chi connectivity index (χ0) is 15.9. The molecule has 0 unspecified atom stereocenters. The number of hydrogen-bond acceptors (Lipinski definition) is 5. The molecule has 2 fully saturated rings. The first-order valence-electron chi connectivity index (χ1n) is 8.49. The lowest BCUT2D eigenvalue weighted by Crippen LogP contribution is -2.44. The molecular weight excluding hydrogens is 306 g/mol. The molecule has 1 aromatic carbocycles. The molecule has 4 rings (SSSR count). The highest BCUT2D eigenvalue weighted by Crippen LogP contribution is 2.52. The molecule has 2 saturated carbocycles. The molecule has 0 amide bonds. The molecule has 4 nitrogen and oxygen atoms in total. The Bertz CT molecular complexity index is 685. The molecule has 23 heavy (non-hydrogen) atoms. The maximum Gasteiger partial charge on any atom is 0.243 e. The highest BCUT2D eigenvalue weighted by molar-refractivity contribution is 8.00. The van der Waals surface area contributed by atoms with E-state index in [1.54, 1.807) is 0 Å². The van der Waals surface area contributed by atoms with Crippen LogP contribution in [0.25, 0.3) is 0 Å². The fourth-order valence-corrected chi connectivity index (χ4v) is 4.92. The van der Waals surface area contributed by atoms with E-state index in [4.69, 9.17) is 15.2 Å². The van der Waals surface area contributed by atoms with Crippen LogP contribution in [0.15, 0.2) is 33.7 Å². The molecule has 0 spiro atoms. The summed E-state index contributed by atoms with van der Waals surface area (Å²) in [6.07, 6.45) is 7.68. The third kappa shape index (κ3) is 2.70. The number of rotatable bonds is 4. The fraction of sp³-hybridized carbons (Fsp3) is 0.556. The van der Waals surface area contributed by atoms with Crippen molar-refractivity contribution >= 4 is 11.8 Å². The Labute approximate surface area is 141 Å². The zero-order valence-electron chi connectivity index (χ0n) is 13.5. The Morgan fingerprint density at radius 2 is 1.74 bits per heavy atom. The van der Waals surface area contributed by atoms with Gasteiger partial charge >= 0.3 is 0 Å². The lowest BCUT2D eigenvalue weighted by molar-refractivity contribution is 0.228. The van der Waals surface area contributed by atoms with Crippen molar-refractivity contribution in [1.29, 1.82) is 0 Å². The van der Waals surface area contributed by atoms with Crippen molar-refractivity contribution in [1.82, 2.24) is 10.1 Å². The number of hydrogen-bond donors (Lipinski definition) is 1. The van der Waals surface area contributed by atoms with Crippen LogP contribution in [0.3, 0.4) is 0 Å². The highest BCUT2D eigenvalue weighted by Gasteiger charge is 2.45.